The topological polar surface area (TPSA) is 49.8 Å². The van der Waals surface area contributed by atoms with Crippen molar-refractivity contribution in [3.05, 3.63) is 0 Å². The predicted molar refractivity (Wildman–Crippen MR) is 62.7 cm³/mol. The average Bonchev–Trinajstić information content (AvgIpc) is 2.37. The van der Waals surface area contributed by atoms with E-state index in [1.807, 2.05) is 0 Å². The molecule has 19 heavy (non-hydrogen) atoms. The van der Waals surface area contributed by atoms with E-state index in [2.05, 4.69) is 0 Å². The highest BCUT2D eigenvalue weighted by molar-refractivity contribution is 5.68. The van der Waals surface area contributed by atoms with Crippen LogP contribution in [0.5, 0.6) is 0 Å². The van der Waals surface area contributed by atoms with E-state index in [-0.39, 0.29) is 19.5 Å². The lowest BCUT2D eigenvalue weighted by Gasteiger charge is -2.29. The lowest BCUT2D eigenvalue weighted by molar-refractivity contribution is -0.263. The molecule has 0 aromatic carbocycles. The highest BCUT2D eigenvalue weighted by Gasteiger charge is 2.53. The van der Waals surface area contributed by atoms with Crippen LogP contribution >= 0.6 is 0 Å². The number of amides is 1. The summed E-state index contributed by atoms with van der Waals surface area (Å²) in [5, 5.41) is 9.62. The Hall–Kier alpha value is -0.980. The quantitative estimate of drug-likeness (QED) is 0.743. The fourth-order valence-electron chi connectivity index (χ4n) is 1.91. The third kappa shape index (κ3) is 4.26. The molecule has 1 unspecified atom stereocenters. The number of hydrogen-bond acceptors (Lipinski definition) is 3. The molecular weight excluding hydrogens is 263 g/mol. The molecule has 0 aliphatic carbocycles. The SMILES string of the molecule is CC(C)(C)OC(=O)N1CCCC(O)(C(F)(F)F)CC1. The Morgan fingerprint density at radius 3 is 2.26 bits per heavy atom. The van der Waals surface area contributed by atoms with E-state index in [1.54, 1.807) is 20.8 Å². The van der Waals surface area contributed by atoms with Crippen molar-refractivity contribution in [3.8, 4) is 0 Å². The molecule has 0 spiro atoms. The zero-order valence-corrected chi connectivity index (χ0v) is 11.4. The summed E-state index contributed by atoms with van der Waals surface area (Å²) in [6, 6.07) is 0. The summed E-state index contributed by atoms with van der Waals surface area (Å²) in [5.74, 6) is 0. The zero-order valence-electron chi connectivity index (χ0n) is 11.4. The third-order valence-corrected chi connectivity index (χ3v) is 2.99. The minimum absolute atomic E-state index is 0.0925. The van der Waals surface area contributed by atoms with Crippen LogP contribution in [0.25, 0.3) is 0 Å². The molecule has 4 nitrogen and oxygen atoms in total. The Bertz CT molecular complexity index is 338. The Kier molecular flexibility index (Phi) is 4.39. The van der Waals surface area contributed by atoms with Crippen molar-refractivity contribution in [1.29, 1.82) is 0 Å². The lowest BCUT2D eigenvalue weighted by Crippen LogP contribution is -2.46. The van der Waals surface area contributed by atoms with Crippen LogP contribution in [0.3, 0.4) is 0 Å². The minimum Gasteiger partial charge on any atom is -0.444 e. The first-order chi connectivity index (χ1) is 8.45. The number of carbonyl (C=O) groups excluding carboxylic acids is 1. The van der Waals surface area contributed by atoms with Crippen molar-refractivity contribution in [2.75, 3.05) is 13.1 Å². The number of hydrogen-bond donors (Lipinski definition) is 1. The molecule has 0 aromatic heterocycles. The van der Waals surface area contributed by atoms with Crippen LogP contribution in [-0.4, -0.2) is 46.6 Å². The number of rotatable bonds is 0. The van der Waals surface area contributed by atoms with Gasteiger partial charge in [-0.15, -0.1) is 0 Å². The molecule has 1 heterocycles. The molecular formula is C12H20F3NO3. The average molecular weight is 283 g/mol. The van der Waals surface area contributed by atoms with E-state index in [0.29, 0.717) is 0 Å². The first-order valence-corrected chi connectivity index (χ1v) is 6.22. The van der Waals surface area contributed by atoms with Gasteiger partial charge >= 0.3 is 12.3 Å². The molecule has 1 aliphatic rings. The Morgan fingerprint density at radius 1 is 1.21 bits per heavy atom. The van der Waals surface area contributed by atoms with Gasteiger partial charge in [0.15, 0.2) is 5.60 Å². The number of halogens is 3. The van der Waals surface area contributed by atoms with Gasteiger partial charge in [0.2, 0.25) is 0 Å². The summed E-state index contributed by atoms with van der Waals surface area (Å²) in [4.78, 5) is 13.0. The standard InChI is InChI=1S/C12H20F3NO3/c1-10(2,3)19-9(17)16-7-4-5-11(18,6-8-16)12(13,14)15/h18H,4-8H2,1-3H3. The molecule has 1 fully saturated rings. The second-order valence-corrected chi connectivity index (χ2v) is 5.85. The monoisotopic (exact) mass is 283 g/mol. The second-order valence-electron chi connectivity index (χ2n) is 5.85. The van der Waals surface area contributed by atoms with E-state index in [0.717, 1.165) is 0 Å². The highest BCUT2D eigenvalue weighted by atomic mass is 19.4. The molecule has 1 aliphatic heterocycles. The van der Waals surface area contributed by atoms with Crippen LogP contribution in [0.4, 0.5) is 18.0 Å². The van der Waals surface area contributed by atoms with Gasteiger partial charge in [0.25, 0.3) is 0 Å². The maximum absolute atomic E-state index is 12.7. The first-order valence-electron chi connectivity index (χ1n) is 6.22. The summed E-state index contributed by atoms with van der Waals surface area (Å²) in [5.41, 5.74) is -3.40. The Labute approximate surface area is 110 Å². The molecule has 1 atom stereocenters. The third-order valence-electron chi connectivity index (χ3n) is 2.99. The molecule has 0 aromatic rings. The molecule has 1 rings (SSSR count). The molecule has 1 N–H and O–H groups in total. The largest absolute Gasteiger partial charge is 0.444 e. The molecule has 7 heteroatoms. The van der Waals surface area contributed by atoms with Crippen LogP contribution < -0.4 is 0 Å². The van der Waals surface area contributed by atoms with Crippen molar-refractivity contribution >= 4 is 6.09 Å². The van der Waals surface area contributed by atoms with Crippen LogP contribution in [0.1, 0.15) is 40.0 Å². The fourth-order valence-corrected chi connectivity index (χ4v) is 1.91. The van der Waals surface area contributed by atoms with Gasteiger partial charge in [-0.3, -0.25) is 0 Å². The number of carbonyl (C=O) groups is 1. The van der Waals surface area contributed by atoms with Crippen molar-refractivity contribution in [2.24, 2.45) is 0 Å². The van der Waals surface area contributed by atoms with Gasteiger partial charge in [-0.05, 0) is 33.6 Å². The van der Waals surface area contributed by atoms with Gasteiger partial charge in [-0.25, -0.2) is 4.79 Å². The summed E-state index contributed by atoms with van der Waals surface area (Å²) in [6.45, 7) is 5.07. The Morgan fingerprint density at radius 2 is 1.79 bits per heavy atom. The molecule has 112 valence electrons. The van der Waals surface area contributed by atoms with E-state index in [9.17, 15) is 23.1 Å². The summed E-state index contributed by atoms with van der Waals surface area (Å²) in [7, 11) is 0. The van der Waals surface area contributed by atoms with Crippen LogP contribution in [-0.2, 0) is 4.74 Å². The normalized spacial score (nSPS) is 25.9. The van der Waals surface area contributed by atoms with Crippen molar-refractivity contribution < 1.29 is 27.8 Å². The predicted octanol–water partition coefficient (Wildman–Crippen LogP) is 2.70. The van der Waals surface area contributed by atoms with Crippen LogP contribution in [0.2, 0.25) is 0 Å². The van der Waals surface area contributed by atoms with E-state index in [1.165, 1.54) is 4.90 Å². The second kappa shape index (κ2) is 5.19. The van der Waals surface area contributed by atoms with Gasteiger partial charge in [0.1, 0.15) is 5.60 Å². The number of nitrogens with zero attached hydrogens (tertiary/aromatic N) is 1. The highest BCUT2D eigenvalue weighted by Crippen LogP contribution is 2.38. The van der Waals surface area contributed by atoms with Gasteiger partial charge < -0.3 is 14.7 Å². The molecule has 1 amide bonds. The Balaban J connectivity index is 2.67. The fraction of sp³-hybridized carbons (Fsp3) is 0.917. The number of alkyl halides is 3. The zero-order chi connectivity index (χ0) is 14.9. The number of aliphatic hydroxyl groups is 1. The summed E-state index contributed by atoms with van der Waals surface area (Å²) >= 11 is 0. The van der Waals surface area contributed by atoms with Gasteiger partial charge in [-0.1, -0.05) is 0 Å². The van der Waals surface area contributed by atoms with Crippen molar-refractivity contribution in [2.45, 2.75) is 57.4 Å². The summed E-state index contributed by atoms with van der Waals surface area (Å²) in [6.07, 6.45) is -6.13. The van der Waals surface area contributed by atoms with Gasteiger partial charge in [0, 0.05) is 19.5 Å². The van der Waals surface area contributed by atoms with Crippen LogP contribution in [0, 0.1) is 0 Å². The van der Waals surface area contributed by atoms with Crippen molar-refractivity contribution in [3.63, 3.8) is 0 Å². The van der Waals surface area contributed by atoms with Crippen LogP contribution in [0.15, 0.2) is 0 Å². The number of ether oxygens (including phenoxy) is 1. The maximum Gasteiger partial charge on any atom is 0.417 e. The lowest BCUT2D eigenvalue weighted by atomic mass is 9.94. The van der Waals surface area contributed by atoms with E-state index in [4.69, 9.17) is 4.74 Å². The molecule has 0 saturated carbocycles. The van der Waals surface area contributed by atoms with Gasteiger partial charge in [-0.2, -0.15) is 13.2 Å². The van der Waals surface area contributed by atoms with Crippen molar-refractivity contribution in [1.82, 2.24) is 4.90 Å². The molecule has 1 saturated heterocycles. The maximum atomic E-state index is 12.7. The number of likely N-dealkylation sites (tertiary alicyclic amines) is 1. The van der Waals surface area contributed by atoms with E-state index < -0.39 is 36.3 Å². The van der Waals surface area contributed by atoms with Gasteiger partial charge in [0.05, 0.1) is 0 Å². The smallest absolute Gasteiger partial charge is 0.417 e. The van der Waals surface area contributed by atoms with E-state index >= 15 is 0 Å². The molecule has 0 radical (unpaired) electrons. The summed E-state index contributed by atoms with van der Waals surface area (Å²) < 4.78 is 43.3. The first kappa shape index (κ1) is 16.1. The molecule has 0 bridgehead atoms. The minimum atomic E-state index is -4.67.